The van der Waals surface area contributed by atoms with Gasteiger partial charge in [-0.15, -0.1) is 0 Å². The fraction of sp³-hybridized carbons (Fsp3) is 0.471. The van der Waals surface area contributed by atoms with Crippen LogP contribution in [0.1, 0.15) is 12.8 Å². The van der Waals surface area contributed by atoms with Crippen LogP contribution in [0.25, 0.3) is 10.9 Å². The van der Waals surface area contributed by atoms with E-state index < -0.39 is 0 Å². The molecule has 0 spiro atoms. The fourth-order valence-electron chi connectivity index (χ4n) is 3.27. The summed E-state index contributed by atoms with van der Waals surface area (Å²) >= 11 is 0. The quantitative estimate of drug-likeness (QED) is 0.623. The Hall–Kier alpha value is -2.25. The Morgan fingerprint density at radius 1 is 1.33 bits per heavy atom. The molecule has 0 unspecified atom stereocenters. The van der Waals surface area contributed by atoms with Gasteiger partial charge in [0.15, 0.2) is 0 Å². The number of aliphatic hydroxyl groups excluding tert-OH is 1. The second-order valence-corrected chi connectivity index (χ2v) is 6.18. The molecular formula is C17H22N4O3. The van der Waals surface area contributed by atoms with Gasteiger partial charge in [-0.2, -0.15) is 0 Å². The summed E-state index contributed by atoms with van der Waals surface area (Å²) in [5, 5.41) is 24.1. The maximum Gasteiger partial charge on any atom is 0.278 e. The van der Waals surface area contributed by atoms with Gasteiger partial charge in [-0.05, 0) is 50.0 Å². The lowest BCUT2D eigenvalue weighted by Crippen LogP contribution is -2.37. The Kier molecular flexibility index (Phi) is 5.22. The Morgan fingerprint density at radius 3 is 2.83 bits per heavy atom. The van der Waals surface area contributed by atoms with Crippen molar-refractivity contribution in [3.05, 3.63) is 40.6 Å². The summed E-state index contributed by atoms with van der Waals surface area (Å²) in [6.07, 6.45) is 3.83. The Balaban J connectivity index is 1.68. The topological polar surface area (TPSA) is 91.5 Å². The van der Waals surface area contributed by atoms with Gasteiger partial charge in [0.2, 0.25) is 0 Å². The van der Waals surface area contributed by atoms with Gasteiger partial charge in [-0.3, -0.25) is 15.1 Å². The van der Waals surface area contributed by atoms with E-state index in [9.17, 15) is 10.1 Å². The number of aromatic nitrogens is 1. The van der Waals surface area contributed by atoms with Gasteiger partial charge >= 0.3 is 0 Å². The first-order valence-electron chi connectivity index (χ1n) is 8.28. The van der Waals surface area contributed by atoms with E-state index in [2.05, 4.69) is 15.2 Å². The van der Waals surface area contributed by atoms with Gasteiger partial charge in [-0.1, -0.05) is 0 Å². The zero-order valence-electron chi connectivity index (χ0n) is 13.5. The number of likely N-dealkylation sites (tertiary alicyclic amines) is 1. The molecule has 1 aromatic heterocycles. The van der Waals surface area contributed by atoms with E-state index in [0.29, 0.717) is 16.8 Å². The molecule has 0 amide bonds. The van der Waals surface area contributed by atoms with Gasteiger partial charge in [0, 0.05) is 25.4 Å². The number of nitro groups is 1. The van der Waals surface area contributed by atoms with Crippen molar-refractivity contribution in [2.45, 2.75) is 12.8 Å². The molecule has 24 heavy (non-hydrogen) atoms. The number of nitrogens with one attached hydrogen (secondary N) is 1. The summed E-state index contributed by atoms with van der Waals surface area (Å²) in [5.74, 6) is 0.564. The number of nitrogens with zero attached hydrogens (tertiary/aromatic N) is 3. The van der Waals surface area contributed by atoms with E-state index in [1.165, 1.54) is 6.07 Å². The third-order valence-electron chi connectivity index (χ3n) is 4.65. The van der Waals surface area contributed by atoms with Crippen LogP contribution in [0.4, 0.5) is 11.4 Å². The van der Waals surface area contributed by atoms with Crippen LogP contribution in [0.15, 0.2) is 30.5 Å². The smallest absolute Gasteiger partial charge is 0.278 e. The molecule has 2 heterocycles. The molecule has 2 N–H and O–H groups in total. The first-order chi connectivity index (χ1) is 11.7. The first kappa shape index (κ1) is 16.6. The number of pyridine rings is 1. The third-order valence-corrected chi connectivity index (χ3v) is 4.65. The number of piperidine rings is 1. The van der Waals surface area contributed by atoms with Crippen molar-refractivity contribution in [3.63, 3.8) is 0 Å². The van der Waals surface area contributed by atoms with Crippen LogP contribution in [0, 0.1) is 16.0 Å². The van der Waals surface area contributed by atoms with Crippen molar-refractivity contribution in [2.75, 3.05) is 38.1 Å². The van der Waals surface area contributed by atoms with Crippen molar-refractivity contribution in [1.29, 1.82) is 0 Å². The fourth-order valence-corrected chi connectivity index (χ4v) is 3.27. The van der Waals surface area contributed by atoms with Gasteiger partial charge in [0.05, 0.1) is 22.6 Å². The lowest BCUT2D eigenvalue weighted by molar-refractivity contribution is -0.383. The van der Waals surface area contributed by atoms with Crippen LogP contribution < -0.4 is 5.32 Å². The number of rotatable bonds is 6. The third kappa shape index (κ3) is 3.63. The molecule has 128 valence electrons. The maximum absolute atomic E-state index is 11.2. The minimum absolute atomic E-state index is 0.0842. The van der Waals surface area contributed by atoms with Crippen molar-refractivity contribution >= 4 is 22.3 Å². The monoisotopic (exact) mass is 330 g/mol. The lowest BCUT2D eigenvalue weighted by Gasteiger charge is -2.31. The van der Waals surface area contributed by atoms with E-state index in [1.54, 1.807) is 24.4 Å². The van der Waals surface area contributed by atoms with E-state index in [0.717, 1.165) is 44.7 Å². The Morgan fingerprint density at radius 2 is 2.12 bits per heavy atom. The molecule has 1 saturated heterocycles. The summed E-state index contributed by atoms with van der Waals surface area (Å²) in [6.45, 7) is 3.80. The maximum atomic E-state index is 11.2. The molecule has 1 fully saturated rings. The summed E-state index contributed by atoms with van der Waals surface area (Å²) in [7, 11) is 0. The van der Waals surface area contributed by atoms with Crippen LogP contribution in [-0.2, 0) is 0 Å². The predicted molar refractivity (Wildman–Crippen MR) is 93.1 cm³/mol. The van der Waals surface area contributed by atoms with Crippen molar-refractivity contribution in [1.82, 2.24) is 9.88 Å². The molecule has 0 saturated carbocycles. The number of nitro benzene ring substituents is 1. The minimum Gasteiger partial charge on any atom is -0.395 e. The summed E-state index contributed by atoms with van der Waals surface area (Å²) < 4.78 is 0. The molecule has 0 bridgehead atoms. The number of hydrogen-bond donors (Lipinski definition) is 2. The molecule has 7 heteroatoms. The number of aliphatic hydroxyl groups is 1. The second-order valence-electron chi connectivity index (χ2n) is 6.18. The van der Waals surface area contributed by atoms with Crippen molar-refractivity contribution in [3.8, 4) is 0 Å². The number of fused-ring (bicyclic) bond motifs is 1. The number of β-amino-alcohol motifs (C(OH)–C–C–N with tert-alkyl or cyclic N) is 1. The van der Waals surface area contributed by atoms with Gasteiger partial charge in [-0.25, -0.2) is 0 Å². The summed E-state index contributed by atoms with van der Waals surface area (Å²) in [5.41, 5.74) is 1.57. The van der Waals surface area contributed by atoms with Crippen LogP contribution in [-0.4, -0.2) is 52.7 Å². The molecule has 3 rings (SSSR count). The molecule has 1 aromatic carbocycles. The molecule has 7 nitrogen and oxygen atoms in total. The highest BCUT2D eigenvalue weighted by Gasteiger charge is 2.20. The highest BCUT2D eigenvalue weighted by Crippen LogP contribution is 2.30. The largest absolute Gasteiger partial charge is 0.395 e. The second kappa shape index (κ2) is 7.55. The van der Waals surface area contributed by atoms with Gasteiger partial charge < -0.3 is 15.3 Å². The Bertz CT molecular complexity index is 714. The summed E-state index contributed by atoms with van der Waals surface area (Å²) in [4.78, 5) is 17.4. The number of non-ortho nitro benzene ring substituents is 1. The molecule has 1 aliphatic heterocycles. The van der Waals surface area contributed by atoms with Crippen molar-refractivity contribution in [2.24, 2.45) is 5.92 Å². The number of hydrogen-bond acceptors (Lipinski definition) is 6. The lowest BCUT2D eigenvalue weighted by atomic mass is 9.96. The SMILES string of the molecule is O=[N+]([O-])c1ccc(NCC2CCN(CCO)CC2)c2ncccc12. The average Bonchev–Trinajstić information content (AvgIpc) is 2.61. The van der Waals surface area contributed by atoms with E-state index in [-0.39, 0.29) is 17.2 Å². The Labute approximate surface area is 140 Å². The first-order valence-corrected chi connectivity index (χ1v) is 8.28. The van der Waals surface area contributed by atoms with E-state index in [1.807, 2.05) is 0 Å². The van der Waals surface area contributed by atoms with E-state index in [4.69, 9.17) is 5.11 Å². The van der Waals surface area contributed by atoms with Gasteiger partial charge in [0.25, 0.3) is 5.69 Å². The predicted octanol–water partition coefficient (Wildman–Crippen LogP) is 2.26. The zero-order chi connectivity index (χ0) is 16.9. The average molecular weight is 330 g/mol. The van der Waals surface area contributed by atoms with Gasteiger partial charge in [0.1, 0.15) is 5.52 Å². The standard InChI is InChI=1S/C17H22N4O3/c22-11-10-20-8-5-13(6-9-20)12-19-15-3-4-16(21(23)24)14-2-1-7-18-17(14)15/h1-4,7,13,19,22H,5-6,8-12H2. The molecule has 2 aromatic rings. The minimum atomic E-state index is -0.370. The van der Waals surface area contributed by atoms with Crippen molar-refractivity contribution < 1.29 is 10.0 Å². The van der Waals surface area contributed by atoms with Crippen LogP contribution in [0.2, 0.25) is 0 Å². The molecule has 0 radical (unpaired) electrons. The normalized spacial score (nSPS) is 16.4. The van der Waals surface area contributed by atoms with Crippen LogP contribution in [0.3, 0.4) is 0 Å². The molecular weight excluding hydrogens is 308 g/mol. The molecule has 0 atom stereocenters. The highest BCUT2D eigenvalue weighted by molar-refractivity contribution is 5.96. The number of benzene rings is 1. The molecule has 0 aliphatic carbocycles. The highest BCUT2D eigenvalue weighted by atomic mass is 16.6. The van der Waals surface area contributed by atoms with Crippen LogP contribution in [0.5, 0.6) is 0 Å². The molecule has 1 aliphatic rings. The summed E-state index contributed by atoms with van der Waals surface area (Å²) in [6, 6.07) is 6.74. The zero-order valence-corrected chi connectivity index (χ0v) is 13.5. The van der Waals surface area contributed by atoms with Crippen LogP contribution >= 0.6 is 0 Å². The van der Waals surface area contributed by atoms with E-state index >= 15 is 0 Å². The number of anilines is 1.